The summed E-state index contributed by atoms with van der Waals surface area (Å²) in [4.78, 5) is 22.3. The van der Waals surface area contributed by atoms with Crippen molar-refractivity contribution in [2.24, 2.45) is 5.92 Å². The van der Waals surface area contributed by atoms with Crippen molar-refractivity contribution in [3.8, 4) is 0 Å². The summed E-state index contributed by atoms with van der Waals surface area (Å²) in [6.45, 7) is 0.112. The molecule has 1 amide bonds. The molecule has 2 rings (SSSR count). The molecule has 0 bridgehead atoms. The summed E-state index contributed by atoms with van der Waals surface area (Å²) in [6.07, 6.45) is -4.44. The van der Waals surface area contributed by atoms with E-state index >= 15 is 0 Å². The summed E-state index contributed by atoms with van der Waals surface area (Å²) in [5.41, 5.74) is -0.404. The molecule has 1 heterocycles. The quantitative estimate of drug-likeness (QED) is 0.805. The highest BCUT2D eigenvalue weighted by Gasteiger charge is 2.41. The highest BCUT2D eigenvalue weighted by molar-refractivity contribution is 5.99. The summed E-state index contributed by atoms with van der Waals surface area (Å²) in [7, 11) is 0. The topological polar surface area (TPSA) is 66.4 Å². The van der Waals surface area contributed by atoms with E-state index in [1.54, 1.807) is 0 Å². The first-order chi connectivity index (χ1) is 8.80. The number of carbonyl (C=O) groups excluding carboxylic acids is 1. The first kappa shape index (κ1) is 13.4. The van der Waals surface area contributed by atoms with Crippen molar-refractivity contribution in [1.82, 2.24) is 5.32 Å². The zero-order valence-corrected chi connectivity index (χ0v) is 9.57. The minimum Gasteiger partial charge on any atom is -0.481 e. The van der Waals surface area contributed by atoms with Gasteiger partial charge in [-0.05, 0) is 17.7 Å². The predicted octanol–water partition coefficient (Wildman–Crippen LogP) is 1.62. The highest BCUT2D eigenvalue weighted by Crippen LogP contribution is 2.33. The Morgan fingerprint density at radius 2 is 1.84 bits per heavy atom. The molecule has 1 aromatic carbocycles. The maximum absolute atomic E-state index is 12.4. The molecule has 0 radical (unpaired) electrons. The molecule has 0 spiro atoms. The molecule has 1 saturated heterocycles. The van der Waals surface area contributed by atoms with Crippen LogP contribution in [0.15, 0.2) is 24.3 Å². The minimum atomic E-state index is -4.44. The van der Waals surface area contributed by atoms with Crippen LogP contribution in [0.1, 0.15) is 17.0 Å². The van der Waals surface area contributed by atoms with Gasteiger partial charge in [0.2, 0.25) is 5.91 Å². The number of carboxylic acid groups (broad SMARTS) is 1. The lowest BCUT2D eigenvalue weighted by atomic mass is 9.88. The Balaban J connectivity index is 2.28. The Labute approximate surface area is 106 Å². The Bertz CT molecular complexity index is 510. The Morgan fingerprint density at radius 1 is 1.26 bits per heavy atom. The van der Waals surface area contributed by atoms with Crippen molar-refractivity contribution < 1.29 is 27.9 Å². The van der Waals surface area contributed by atoms with E-state index in [2.05, 4.69) is 5.32 Å². The third-order valence-corrected chi connectivity index (χ3v) is 3.11. The first-order valence-corrected chi connectivity index (χ1v) is 5.48. The van der Waals surface area contributed by atoms with Crippen LogP contribution in [-0.2, 0) is 15.8 Å². The molecular weight excluding hydrogens is 263 g/mol. The minimum absolute atomic E-state index is 0.112. The summed E-state index contributed by atoms with van der Waals surface area (Å²) in [5, 5.41) is 11.4. The molecule has 0 aliphatic carbocycles. The number of amides is 1. The normalized spacial score (nSPS) is 23.2. The van der Waals surface area contributed by atoms with Crippen molar-refractivity contribution in [3.05, 3.63) is 35.4 Å². The molecule has 7 heteroatoms. The van der Waals surface area contributed by atoms with Crippen LogP contribution >= 0.6 is 0 Å². The summed E-state index contributed by atoms with van der Waals surface area (Å²) in [5.74, 6) is -3.79. The molecule has 0 aromatic heterocycles. The molecule has 1 fully saturated rings. The van der Waals surface area contributed by atoms with Gasteiger partial charge < -0.3 is 10.4 Å². The maximum atomic E-state index is 12.4. The van der Waals surface area contributed by atoms with Crippen molar-refractivity contribution in [2.45, 2.75) is 12.1 Å². The number of nitrogens with one attached hydrogen (secondary N) is 1. The third-order valence-electron chi connectivity index (χ3n) is 3.11. The summed E-state index contributed by atoms with van der Waals surface area (Å²) >= 11 is 0. The second-order valence-electron chi connectivity index (χ2n) is 4.29. The van der Waals surface area contributed by atoms with Gasteiger partial charge in [-0.25, -0.2) is 0 Å². The zero-order valence-electron chi connectivity index (χ0n) is 9.57. The van der Waals surface area contributed by atoms with Crippen LogP contribution in [0.5, 0.6) is 0 Å². The van der Waals surface area contributed by atoms with Crippen LogP contribution in [-0.4, -0.2) is 23.5 Å². The number of aliphatic carboxylic acids is 1. The number of hydrogen-bond donors (Lipinski definition) is 2. The lowest BCUT2D eigenvalue weighted by Crippen LogP contribution is -2.26. The zero-order chi connectivity index (χ0) is 14.2. The molecule has 0 unspecified atom stereocenters. The molecule has 2 N–H and O–H groups in total. The van der Waals surface area contributed by atoms with Crippen molar-refractivity contribution in [2.75, 3.05) is 6.54 Å². The second-order valence-corrected chi connectivity index (χ2v) is 4.29. The van der Waals surface area contributed by atoms with Gasteiger partial charge in [0.15, 0.2) is 0 Å². The monoisotopic (exact) mass is 273 g/mol. The molecular formula is C12H10F3NO3. The molecule has 19 heavy (non-hydrogen) atoms. The summed E-state index contributed by atoms with van der Waals surface area (Å²) in [6, 6.07) is 4.20. The Morgan fingerprint density at radius 3 is 2.32 bits per heavy atom. The van der Waals surface area contributed by atoms with Crippen molar-refractivity contribution in [3.63, 3.8) is 0 Å². The van der Waals surface area contributed by atoms with Crippen LogP contribution in [0.4, 0.5) is 13.2 Å². The van der Waals surface area contributed by atoms with E-state index in [4.69, 9.17) is 5.11 Å². The van der Waals surface area contributed by atoms with Crippen LogP contribution in [0, 0.1) is 5.92 Å². The number of halogens is 3. The van der Waals surface area contributed by atoms with Gasteiger partial charge in [-0.2, -0.15) is 13.2 Å². The fraction of sp³-hybridized carbons (Fsp3) is 0.333. The largest absolute Gasteiger partial charge is 0.481 e. The van der Waals surface area contributed by atoms with Gasteiger partial charge in [0, 0.05) is 12.5 Å². The van der Waals surface area contributed by atoms with Crippen molar-refractivity contribution in [1.29, 1.82) is 0 Å². The van der Waals surface area contributed by atoms with Gasteiger partial charge in [0.25, 0.3) is 0 Å². The van der Waals surface area contributed by atoms with Gasteiger partial charge in [-0.3, -0.25) is 9.59 Å². The van der Waals surface area contributed by atoms with Crippen LogP contribution < -0.4 is 5.32 Å². The van der Waals surface area contributed by atoms with E-state index in [9.17, 15) is 22.8 Å². The lowest BCUT2D eigenvalue weighted by molar-refractivity contribution is -0.146. The first-order valence-electron chi connectivity index (χ1n) is 5.48. The number of benzene rings is 1. The number of rotatable bonds is 2. The van der Waals surface area contributed by atoms with Gasteiger partial charge in [-0.1, -0.05) is 12.1 Å². The highest BCUT2D eigenvalue weighted by atomic mass is 19.4. The van der Waals surface area contributed by atoms with Gasteiger partial charge in [0.05, 0.1) is 5.56 Å². The predicted molar refractivity (Wildman–Crippen MR) is 58.3 cm³/mol. The third kappa shape index (κ3) is 2.54. The van der Waals surface area contributed by atoms with E-state index in [-0.39, 0.29) is 6.54 Å². The Kier molecular flexibility index (Phi) is 3.21. The molecule has 2 atom stereocenters. The van der Waals surface area contributed by atoms with Gasteiger partial charge >= 0.3 is 12.1 Å². The van der Waals surface area contributed by atoms with E-state index in [1.165, 1.54) is 12.1 Å². The average molecular weight is 273 g/mol. The number of carbonyl (C=O) groups is 2. The standard InChI is InChI=1S/C12H10F3NO3/c13-12(14,15)7-3-1-6(2-4-7)8-5-16-10(17)9(8)11(18)19/h1-4,8-9H,5H2,(H,16,17)(H,18,19)/t8-,9-/m1/s1. The van der Waals surface area contributed by atoms with Gasteiger partial charge in [-0.15, -0.1) is 0 Å². The van der Waals surface area contributed by atoms with E-state index < -0.39 is 35.5 Å². The molecule has 1 aliphatic heterocycles. The van der Waals surface area contributed by atoms with Gasteiger partial charge in [0.1, 0.15) is 5.92 Å². The van der Waals surface area contributed by atoms with E-state index in [0.717, 1.165) is 12.1 Å². The fourth-order valence-electron chi connectivity index (χ4n) is 2.13. The lowest BCUT2D eigenvalue weighted by Gasteiger charge is -2.14. The second kappa shape index (κ2) is 4.56. The SMILES string of the molecule is O=C(O)[C@H]1C(=O)NC[C@@H]1c1ccc(C(F)(F)F)cc1. The number of hydrogen-bond acceptors (Lipinski definition) is 2. The smallest absolute Gasteiger partial charge is 0.416 e. The van der Waals surface area contributed by atoms with Crippen LogP contribution in [0.2, 0.25) is 0 Å². The maximum Gasteiger partial charge on any atom is 0.416 e. The number of alkyl halides is 3. The number of carboxylic acids is 1. The summed E-state index contributed by atoms with van der Waals surface area (Å²) < 4.78 is 37.2. The van der Waals surface area contributed by atoms with E-state index in [0.29, 0.717) is 5.56 Å². The fourth-order valence-corrected chi connectivity index (χ4v) is 2.13. The molecule has 4 nitrogen and oxygen atoms in total. The van der Waals surface area contributed by atoms with E-state index in [1.807, 2.05) is 0 Å². The molecule has 102 valence electrons. The van der Waals surface area contributed by atoms with Crippen LogP contribution in [0.3, 0.4) is 0 Å². The van der Waals surface area contributed by atoms with Crippen molar-refractivity contribution >= 4 is 11.9 Å². The average Bonchev–Trinajstić information content (AvgIpc) is 2.70. The Hall–Kier alpha value is -2.05. The molecule has 1 aliphatic rings. The molecule has 1 aromatic rings. The molecule has 0 saturated carbocycles. The van der Waals surface area contributed by atoms with Crippen LogP contribution in [0.25, 0.3) is 0 Å².